The molecule has 162 valence electrons. The summed E-state index contributed by atoms with van der Waals surface area (Å²) >= 11 is 7.34. The fourth-order valence-corrected chi connectivity index (χ4v) is 4.43. The van der Waals surface area contributed by atoms with Crippen LogP contribution in [0.25, 0.3) is 0 Å². The first-order valence-electron chi connectivity index (χ1n) is 9.71. The van der Waals surface area contributed by atoms with Gasteiger partial charge in [-0.15, -0.1) is 0 Å². The topological polar surface area (TPSA) is 42.0 Å². The lowest BCUT2D eigenvalue weighted by molar-refractivity contribution is -0.00310. The molecule has 0 saturated heterocycles. The Bertz CT molecular complexity index is 1130. The van der Waals surface area contributed by atoms with E-state index in [-0.39, 0.29) is 16.3 Å². The fraction of sp³-hybridized carbons (Fsp3) is 0.250. The van der Waals surface area contributed by atoms with Crippen LogP contribution in [0, 0.1) is 27.7 Å². The third-order valence-electron chi connectivity index (χ3n) is 4.88. The maximum atomic E-state index is 14.8. The van der Waals surface area contributed by atoms with Crippen LogP contribution in [0.4, 0.5) is 8.78 Å². The molecule has 0 radical (unpaired) electrons. The molecular formula is C24H23ClF2N2OS. The van der Waals surface area contributed by atoms with E-state index >= 15 is 0 Å². The number of hydrogen-bond donors (Lipinski definition) is 1. The number of aromatic nitrogens is 1. The number of carbonyl (C=O) groups is 1. The van der Waals surface area contributed by atoms with Crippen molar-refractivity contribution in [3.05, 3.63) is 87.2 Å². The van der Waals surface area contributed by atoms with Crippen LogP contribution in [-0.4, -0.2) is 17.4 Å². The highest BCUT2D eigenvalue weighted by molar-refractivity contribution is 7.99. The number of aryl methyl sites for hydroxylation is 4. The van der Waals surface area contributed by atoms with Gasteiger partial charge in [0, 0.05) is 21.6 Å². The van der Waals surface area contributed by atoms with Crippen molar-refractivity contribution < 1.29 is 13.6 Å². The normalized spacial score (nSPS) is 11.5. The number of pyridine rings is 1. The minimum Gasteiger partial charge on any atom is -0.346 e. The van der Waals surface area contributed by atoms with Gasteiger partial charge in [0.15, 0.2) is 0 Å². The average Bonchev–Trinajstić information content (AvgIpc) is 2.69. The van der Waals surface area contributed by atoms with Gasteiger partial charge in [-0.3, -0.25) is 4.79 Å². The molecule has 0 spiro atoms. The Morgan fingerprint density at radius 3 is 2.29 bits per heavy atom. The van der Waals surface area contributed by atoms with Gasteiger partial charge in [0.05, 0.1) is 12.1 Å². The summed E-state index contributed by atoms with van der Waals surface area (Å²) < 4.78 is 29.6. The minimum absolute atomic E-state index is 0.101. The molecular weight excluding hydrogens is 438 g/mol. The third kappa shape index (κ3) is 5.63. The van der Waals surface area contributed by atoms with Crippen molar-refractivity contribution >= 4 is 29.3 Å². The molecule has 0 fully saturated rings. The first kappa shape index (κ1) is 23.2. The van der Waals surface area contributed by atoms with Gasteiger partial charge in [0.1, 0.15) is 5.15 Å². The van der Waals surface area contributed by atoms with Crippen LogP contribution in [0.1, 0.15) is 38.2 Å². The molecule has 0 aliphatic heterocycles. The molecule has 1 amide bonds. The number of halogens is 3. The molecule has 0 aliphatic rings. The molecule has 1 aromatic heterocycles. The Morgan fingerprint density at radius 1 is 1.00 bits per heavy atom. The first-order valence-corrected chi connectivity index (χ1v) is 10.9. The van der Waals surface area contributed by atoms with Crippen LogP contribution >= 0.6 is 23.4 Å². The van der Waals surface area contributed by atoms with Crippen LogP contribution in [0.5, 0.6) is 0 Å². The highest BCUT2D eigenvalue weighted by atomic mass is 35.5. The highest BCUT2D eigenvalue weighted by Gasteiger charge is 2.34. The van der Waals surface area contributed by atoms with Gasteiger partial charge in [-0.25, -0.2) is 4.98 Å². The largest absolute Gasteiger partial charge is 0.346 e. The van der Waals surface area contributed by atoms with Crippen LogP contribution in [-0.2, 0) is 5.92 Å². The van der Waals surface area contributed by atoms with E-state index in [1.54, 1.807) is 19.1 Å². The molecule has 3 nitrogen and oxygen atoms in total. The lowest BCUT2D eigenvalue weighted by atomic mass is 10.00. The lowest BCUT2D eigenvalue weighted by Gasteiger charge is -2.20. The Morgan fingerprint density at radius 2 is 1.65 bits per heavy atom. The van der Waals surface area contributed by atoms with Crippen LogP contribution < -0.4 is 5.32 Å². The minimum atomic E-state index is -3.20. The number of nitrogens with one attached hydrogen (secondary N) is 1. The first-order chi connectivity index (χ1) is 14.6. The van der Waals surface area contributed by atoms with E-state index in [1.807, 2.05) is 39.0 Å². The van der Waals surface area contributed by atoms with Gasteiger partial charge >= 0.3 is 0 Å². The van der Waals surface area contributed by atoms with Gasteiger partial charge < -0.3 is 5.32 Å². The summed E-state index contributed by atoms with van der Waals surface area (Å²) in [4.78, 5) is 18.4. The lowest BCUT2D eigenvalue weighted by Crippen LogP contribution is -2.35. The van der Waals surface area contributed by atoms with Crippen molar-refractivity contribution in [2.24, 2.45) is 0 Å². The van der Waals surface area contributed by atoms with E-state index < -0.39 is 18.4 Å². The smallest absolute Gasteiger partial charge is 0.290 e. The number of carbonyl (C=O) groups excluding carboxylic acids is 1. The summed E-state index contributed by atoms with van der Waals surface area (Å²) in [5, 5.41) is 2.49. The Balaban J connectivity index is 1.82. The quantitative estimate of drug-likeness (QED) is 0.419. The van der Waals surface area contributed by atoms with Crippen molar-refractivity contribution in [2.75, 3.05) is 6.54 Å². The summed E-state index contributed by atoms with van der Waals surface area (Å²) in [5.41, 5.74) is 3.67. The summed E-state index contributed by atoms with van der Waals surface area (Å²) in [6.07, 6.45) is 1.49. The second-order valence-electron chi connectivity index (χ2n) is 7.58. The predicted octanol–water partition coefficient (Wildman–Crippen LogP) is 6.64. The molecule has 31 heavy (non-hydrogen) atoms. The van der Waals surface area contributed by atoms with Crippen LogP contribution in [0.15, 0.2) is 58.5 Å². The summed E-state index contributed by atoms with van der Waals surface area (Å²) in [6.45, 7) is 6.64. The van der Waals surface area contributed by atoms with Crippen molar-refractivity contribution in [3.63, 3.8) is 0 Å². The Hall–Kier alpha value is -2.44. The Labute approximate surface area is 190 Å². The van der Waals surface area contributed by atoms with Crippen LogP contribution in [0.3, 0.4) is 0 Å². The van der Waals surface area contributed by atoms with E-state index in [2.05, 4.69) is 10.3 Å². The summed E-state index contributed by atoms with van der Waals surface area (Å²) in [6, 6.07) is 12.1. The molecule has 7 heteroatoms. The zero-order chi connectivity index (χ0) is 22.8. The summed E-state index contributed by atoms with van der Waals surface area (Å²) in [7, 11) is 0. The maximum absolute atomic E-state index is 14.8. The fourth-order valence-electron chi connectivity index (χ4n) is 3.31. The number of benzene rings is 2. The molecule has 0 saturated carbocycles. The molecule has 0 unspecified atom stereocenters. The standard InChI is InChI=1S/C24H23ClF2N2OS/c1-14-5-7-19(16(3)9-14)24(26,27)13-29-23(30)18-11-22(25)28-12-21(18)31-20-8-6-15(2)10-17(20)4/h5-12H,13H2,1-4H3,(H,29,30). The molecule has 0 aliphatic carbocycles. The zero-order valence-corrected chi connectivity index (χ0v) is 19.3. The zero-order valence-electron chi connectivity index (χ0n) is 17.7. The molecule has 0 bridgehead atoms. The van der Waals surface area contributed by atoms with E-state index in [1.165, 1.54) is 30.1 Å². The monoisotopic (exact) mass is 460 g/mol. The average molecular weight is 461 g/mol. The van der Waals surface area contributed by atoms with E-state index in [0.29, 0.717) is 10.5 Å². The van der Waals surface area contributed by atoms with Gasteiger partial charge in [0.2, 0.25) is 0 Å². The van der Waals surface area contributed by atoms with Gasteiger partial charge in [0.25, 0.3) is 11.8 Å². The molecule has 3 rings (SSSR count). The van der Waals surface area contributed by atoms with Crippen LogP contribution in [0.2, 0.25) is 5.15 Å². The third-order valence-corrected chi connectivity index (χ3v) is 6.31. The molecule has 0 atom stereocenters. The highest BCUT2D eigenvalue weighted by Crippen LogP contribution is 2.34. The van der Waals surface area contributed by atoms with Crippen molar-refractivity contribution in [1.82, 2.24) is 10.3 Å². The second-order valence-corrected chi connectivity index (χ2v) is 9.05. The van der Waals surface area contributed by atoms with Crippen molar-refractivity contribution in [3.8, 4) is 0 Å². The number of hydrogen-bond acceptors (Lipinski definition) is 3. The molecule has 1 N–H and O–H groups in total. The maximum Gasteiger partial charge on any atom is 0.290 e. The number of rotatable bonds is 6. The van der Waals surface area contributed by atoms with Gasteiger partial charge in [-0.05, 0) is 51.0 Å². The number of alkyl halides is 2. The molecule has 3 aromatic rings. The van der Waals surface area contributed by atoms with E-state index in [0.717, 1.165) is 21.6 Å². The number of amides is 1. The van der Waals surface area contributed by atoms with E-state index in [4.69, 9.17) is 11.6 Å². The van der Waals surface area contributed by atoms with Gasteiger partial charge in [-0.1, -0.05) is 64.8 Å². The molecule has 1 heterocycles. The number of nitrogens with zero attached hydrogens (tertiary/aromatic N) is 1. The summed E-state index contributed by atoms with van der Waals surface area (Å²) in [5.74, 6) is -3.83. The van der Waals surface area contributed by atoms with Gasteiger partial charge in [-0.2, -0.15) is 8.78 Å². The Kier molecular flexibility index (Phi) is 7.02. The van der Waals surface area contributed by atoms with Crippen molar-refractivity contribution in [2.45, 2.75) is 43.4 Å². The molecule has 2 aromatic carbocycles. The van der Waals surface area contributed by atoms with Crippen molar-refractivity contribution in [1.29, 1.82) is 0 Å². The second kappa shape index (κ2) is 9.37. The van der Waals surface area contributed by atoms with E-state index in [9.17, 15) is 13.6 Å². The SMILES string of the molecule is Cc1ccc(Sc2cnc(Cl)cc2C(=O)NCC(F)(F)c2ccc(C)cc2C)c(C)c1. The predicted molar refractivity (Wildman–Crippen MR) is 121 cm³/mol.